The molecular formula is C14H21ClN2O2. The summed E-state index contributed by atoms with van der Waals surface area (Å²) in [5.41, 5.74) is 0.803. The maximum absolute atomic E-state index is 6.11. The van der Waals surface area contributed by atoms with Gasteiger partial charge in [-0.15, -0.1) is 0 Å². The largest absolute Gasteiger partial charge is 0.475 e. The van der Waals surface area contributed by atoms with Crippen LogP contribution in [0.3, 0.4) is 0 Å². The summed E-state index contributed by atoms with van der Waals surface area (Å²) in [6, 6.07) is 0. The second kappa shape index (κ2) is 7.06. The van der Waals surface area contributed by atoms with Gasteiger partial charge in [-0.1, -0.05) is 18.5 Å². The summed E-state index contributed by atoms with van der Waals surface area (Å²) in [5, 5.41) is 0.484. The van der Waals surface area contributed by atoms with Gasteiger partial charge in [0, 0.05) is 18.6 Å². The SMILES string of the molecule is CCCc1nc(Cl)c(C)c(OCC2CCCCO2)n1. The van der Waals surface area contributed by atoms with E-state index in [1.54, 1.807) is 0 Å². The summed E-state index contributed by atoms with van der Waals surface area (Å²) in [7, 11) is 0. The minimum absolute atomic E-state index is 0.177. The molecule has 0 aromatic carbocycles. The van der Waals surface area contributed by atoms with E-state index in [4.69, 9.17) is 21.1 Å². The van der Waals surface area contributed by atoms with Crippen molar-refractivity contribution in [1.29, 1.82) is 0 Å². The first-order valence-corrected chi connectivity index (χ1v) is 7.36. The number of nitrogens with zero attached hydrogens (tertiary/aromatic N) is 2. The van der Waals surface area contributed by atoms with Gasteiger partial charge in [0.05, 0.1) is 6.10 Å². The Hall–Kier alpha value is -0.870. The molecule has 0 N–H and O–H groups in total. The van der Waals surface area contributed by atoms with Gasteiger partial charge in [0.25, 0.3) is 0 Å². The molecule has 1 fully saturated rings. The van der Waals surface area contributed by atoms with Gasteiger partial charge < -0.3 is 9.47 Å². The smallest absolute Gasteiger partial charge is 0.221 e. The highest BCUT2D eigenvalue weighted by Crippen LogP contribution is 2.23. The van der Waals surface area contributed by atoms with Gasteiger partial charge in [0.15, 0.2) is 0 Å². The Morgan fingerprint density at radius 2 is 2.21 bits per heavy atom. The molecule has 1 aromatic rings. The van der Waals surface area contributed by atoms with Crippen LogP contribution < -0.4 is 4.74 Å². The number of aryl methyl sites for hydroxylation is 1. The van der Waals surface area contributed by atoms with Crippen molar-refractivity contribution < 1.29 is 9.47 Å². The second-order valence-corrected chi connectivity index (χ2v) is 5.27. The van der Waals surface area contributed by atoms with Gasteiger partial charge in [0.1, 0.15) is 17.6 Å². The fourth-order valence-corrected chi connectivity index (χ4v) is 2.28. The monoisotopic (exact) mass is 284 g/mol. The molecule has 1 atom stereocenters. The molecule has 1 aromatic heterocycles. The van der Waals surface area contributed by atoms with Crippen LogP contribution in [0.4, 0.5) is 0 Å². The van der Waals surface area contributed by atoms with Crippen molar-refractivity contribution in [3.63, 3.8) is 0 Å². The highest BCUT2D eigenvalue weighted by molar-refractivity contribution is 6.30. The van der Waals surface area contributed by atoms with Crippen LogP contribution in [0.2, 0.25) is 5.15 Å². The fourth-order valence-electron chi connectivity index (χ4n) is 2.10. The van der Waals surface area contributed by atoms with Crippen molar-refractivity contribution in [2.75, 3.05) is 13.2 Å². The summed E-state index contributed by atoms with van der Waals surface area (Å²) in [6.07, 6.45) is 5.39. The number of hydrogen-bond acceptors (Lipinski definition) is 4. The number of ether oxygens (including phenoxy) is 2. The lowest BCUT2D eigenvalue weighted by molar-refractivity contribution is -0.0121. The van der Waals surface area contributed by atoms with E-state index in [1.807, 2.05) is 6.92 Å². The van der Waals surface area contributed by atoms with Crippen LogP contribution in [-0.4, -0.2) is 29.3 Å². The molecule has 2 rings (SSSR count). The molecule has 0 aliphatic carbocycles. The topological polar surface area (TPSA) is 44.2 Å². The Bertz CT molecular complexity index is 420. The van der Waals surface area contributed by atoms with E-state index in [-0.39, 0.29) is 6.10 Å². The van der Waals surface area contributed by atoms with Gasteiger partial charge in [-0.05, 0) is 32.6 Å². The lowest BCUT2D eigenvalue weighted by Crippen LogP contribution is -2.26. The summed E-state index contributed by atoms with van der Waals surface area (Å²) < 4.78 is 11.4. The zero-order valence-corrected chi connectivity index (χ0v) is 12.4. The maximum Gasteiger partial charge on any atom is 0.221 e. The molecule has 1 saturated heterocycles. The van der Waals surface area contributed by atoms with Crippen molar-refractivity contribution in [3.8, 4) is 5.88 Å². The lowest BCUT2D eigenvalue weighted by Gasteiger charge is -2.22. The van der Waals surface area contributed by atoms with Crippen molar-refractivity contribution in [1.82, 2.24) is 9.97 Å². The quantitative estimate of drug-likeness (QED) is 0.778. The third-order valence-electron chi connectivity index (χ3n) is 3.24. The third kappa shape index (κ3) is 4.05. The first kappa shape index (κ1) is 14.5. The standard InChI is InChI=1S/C14H21ClN2O2/c1-3-6-12-16-13(15)10(2)14(17-12)19-9-11-7-4-5-8-18-11/h11H,3-9H2,1-2H3. The molecule has 5 heteroatoms. The lowest BCUT2D eigenvalue weighted by atomic mass is 10.1. The first-order valence-electron chi connectivity index (χ1n) is 6.98. The predicted octanol–water partition coefficient (Wildman–Crippen LogP) is 3.34. The summed E-state index contributed by atoms with van der Waals surface area (Å²) >= 11 is 6.11. The molecule has 1 aliphatic rings. The normalized spacial score (nSPS) is 19.4. The van der Waals surface area contributed by atoms with Crippen LogP contribution in [0, 0.1) is 6.92 Å². The maximum atomic E-state index is 6.11. The molecule has 1 unspecified atom stereocenters. The summed E-state index contributed by atoms with van der Waals surface area (Å²) in [5.74, 6) is 1.34. The predicted molar refractivity (Wildman–Crippen MR) is 74.9 cm³/mol. The minimum atomic E-state index is 0.177. The summed E-state index contributed by atoms with van der Waals surface area (Å²) in [4.78, 5) is 8.69. The number of rotatable bonds is 5. The van der Waals surface area contributed by atoms with Crippen LogP contribution >= 0.6 is 11.6 Å². The van der Waals surface area contributed by atoms with Gasteiger partial charge >= 0.3 is 0 Å². The molecule has 0 amide bonds. The van der Waals surface area contributed by atoms with Crippen molar-refractivity contribution >= 4 is 11.6 Å². The molecular weight excluding hydrogens is 264 g/mol. The number of halogens is 1. The molecule has 0 spiro atoms. The Morgan fingerprint density at radius 1 is 1.37 bits per heavy atom. The Kier molecular flexibility index (Phi) is 5.40. The van der Waals surface area contributed by atoms with Crippen LogP contribution in [0.15, 0.2) is 0 Å². The van der Waals surface area contributed by atoms with E-state index in [9.17, 15) is 0 Å². The minimum Gasteiger partial charge on any atom is -0.475 e. The van der Waals surface area contributed by atoms with Crippen LogP contribution in [0.5, 0.6) is 5.88 Å². The molecule has 2 heterocycles. The zero-order chi connectivity index (χ0) is 13.7. The van der Waals surface area contributed by atoms with Crippen LogP contribution in [0.25, 0.3) is 0 Å². The van der Waals surface area contributed by atoms with Crippen molar-refractivity contribution in [3.05, 3.63) is 16.5 Å². The number of aromatic nitrogens is 2. The highest BCUT2D eigenvalue weighted by atomic mass is 35.5. The van der Waals surface area contributed by atoms with Crippen LogP contribution in [-0.2, 0) is 11.2 Å². The average molecular weight is 285 g/mol. The zero-order valence-electron chi connectivity index (χ0n) is 11.6. The van der Waals surface area contributed by atoms with E-state index >= 15 is 0 Å². The summed E-state index contributed by atoms with van der Waals surface area (Å²) in [6.45, 7) is 5.35. The van der Waals surface area contributed by atoms with Gasteiger partial charge in [0.2, 0.25) is 5.88 Å². The third-order valence-corrected chi connectivity index (χ3v) is 3.61. The van der Waals surface area contributed by atoms with Gasteiger partial charge in [-0.25, -0.2) is 4.98 Å². The molecule has 0 bridgehead atoms. The molecule has 19 heavy (non-hydrogen) atoms. The highest BCUT2D eigenvalue weighted by Gasteiger charge is 2.16. The van der Waals surface area contributed by atoms with Gasteiger partial charge in [-0.2, -0.15) is 4.98 Å². The van der Waals surface area contributed by atoms with Crippen molar-refractivity contribution in [2.24, 2.45) is 0 Å². The fraction of sp³-hybridized carbons (Fsp3) is 0.714. The van der Waals surface area contributed by atoms with E-state index < -0.39 is 0 Å². The molecule has 0 radical (unpaired) electrons. The Balaban J connectivity index is 2.01. The average Bonchev–Trinajstić information content (AvgIpc) is 2.42. The van der Waals surface area contributed by atoms with E-state index in [1.165, 1.54) is 6.42 Å². The number of hydrogen-bond donors (Lipinski definition) is 0. The molecule has 0 saturated carbocycles. The second-order valence-electron chi connectivity index (χ2n) is 4.91. The Morgan fingerprint density at radius 3 is 2.89 bits per heavy atom. The molecule has 106 valence electrons. The van der Waals surface area contributed by atoms with E-state index in [0.717, 1.165) is 43.7 Å². The Labute approximate surface area is 119 Å². The van der Waals surface area contributed by atoms with E-state index in [0.29, 0.717) is 17.6 Å². The molecule has 1 aliphatic heterocycles. The van der Waals surface area contributed by atoms with E-state index in [2.05, 4.69) is 16.9 Å². The van der Waals surface area contributed by atoms with Gasteiger partial charge in [-0.3, -0.25) is 0 Å². The first-order chi connectivity index (χ1) is 9.20. The van der Waals surface area contributed by atoms with Crippen LogP contribution in [0.1, 0.15) is 44.0 Å². The molecule has 4 nitrogen and oxygen atoms in total. The van der Waals surface area contributed by atoms with Crippen molar-refractivity contribution in [2.45, 2.75) is 52.1 Å².